The second kappa shape index (κ2) is 7.35. The fourth-order valence-corrected chi connectivity index (χ4v) is 4.03. The highest BCUT2D eigenvalue weighted by molar-refractivity contribution is 5.93. The number of carbonyl (C=O) groups is 2. The van der Waals surface area contributed by atoms with Crippen LogP contribution in [0, 0.1) is 0 Å². The Labute approximate surface area is 164 Å². The van der Waals surface area contributed by atoms with Crippen molar-refractivity contribution in [2.45, 2.75) is 37.8 Å². The largest absolute Gasteiger partial charge is 0.388 e. The van der Waals surface area contributed by atoms with Gasteiger partial charge in [0.15, 0.2) is 0 Å². The van der Waals surface area contributed by atoms with Crippen LogP contribution >= 0.6 is 0 Å². The molecule has 150 valence electrons. The van der Waals surface area contributed by atoms with Crippen molar-refractivity contribution < 1.29 is 14.7 Å². The molecule has 0 aromatic carbocycles. The standard InChI is InChI=1S/C20H27N5O3/c1-16(22-8-2-3-9-22)13-18(26)23-11-6-20(28,7-12-23)14-24-15-21-25-10-4-5-17(25)19(24)27/h2-5,8-10,16,21,28H,6-7,11-15H2,1H3. The van der Waals surface area contributed by atoms with Crippen molar-refractivity contribution in [2.24, 2.45) is 0 Å². The lowest BCUT2D eigenvalue weighted by Gasteiger charge is -2.42. The minimum atomic E-state index is -0.963. The fourth-order valence-electron chi connectivity index (χ4n) is 4.03. The quantitative estimate of drug-likeness (QED) is 0.812. The van der Waals surface area contributed by atoms with Gasteiger partial charge < -0.3 is 24.9 Å². The van der Waals surface area contributed by atoms with E-state index in [0.29, 0.717) is 44.7 Å². The molecule has 0 aliphatic carbocycles. The van der Waals surface area contributed by atoms with Gasteiger partial charge in [-0.1, -0.05) is 0 Å². The molecule has 0 saturated carbocycles. The Morgan fingerprint density at radius 1 is 1.21 bits per heavy atom. The molecule has 1 saturated heterocycles. The van der Waals surface area contributed by atoms with Crippen LogP contribution in [0.4, 0.5) is 0 Å². The first kappa shape index (κ1) is 18.6. The number of nitrogens with one attached hydrogen (secondary N) is 1. The molecule has 2 N–H and O–H groups in total. The highest BCUT2D eigenvalue weighted by Gasteiger charge is 2.38. The van der Waals surface area contributed by atoms with Crippen LogP contribution in [0.3, 0.4) is 0 Å². The van der Waals surface area contributed by atoms with E-state index in [0.717, 1.165) is 0 Å². The van der Waals surface area contributed by atoms with Gasteiger partial charge in [-0.2, -0.15) is 0 Å². The highest BCUT2D eigenvalue weighted by Crippen LogP contribution is 2.26. The predicted molar refractivity (Wildman–Crippen MR) is 104 cm³/mol. The van der Waals surface area contributed by atoms with E-state index in [1.54, 1.807) is 21.8 Å². The van der Waals surface area contributed by atoms with E-state index in [2.05, 4.69) is 5.43 Å². The van der Waals surface area contributed by atoms with Gasteiger partial charge in [-0.15, -0.1) is 0 Å². The maximum absolute atomic E-state index is 12.6. The van der Waals surface area contributed by atoms with Crippen molar-refractivity contribution in [3.05, 3.63) is 48.5 Å². The molecule has 8 heteroatoms. The third kappa shape index (κ3) is 3.64. The molecule has 8 nitrogen and oxygen atoms in total. The van der Waals surface area contributed by atoms with E-state index in [-0.39, 0.29) is 24.4 Å². The van der Waals surface area contributed by atoms with Gasteiger partial charge in [0.05, 0.1) is 12.1 Å². The van der Waals surface area contributed by atoms with E-state index >= 15 is 0 Å². The first-order chi connectivity index (χ1) is 13.5. The average molecular weight is 385 g/mol. The molecule has 4 heterocycles. The molecule has 2 aromatic rings. The molecule has 0 bridgehead atoms. The molecule has 1 unspecified atom stereocenters. The van der Waals surface area contributed by atoms with E-state index in [9.17, 15) is 14.7 Å². The van der Waals surface area contributed by atoms with Crippen molar-refractivity contribution in [2.75, 3.05) is 31.7 Å². The van der Waals surface area contributed by atoms with Crippen LogP contribution in [0.1, 0.15) is 42.7 Å². The molecule has 28 heavy (non-hydrogen) atoms. The van der Waals surface area contributed by atoms with E-state index in [1.165, 1.54) is 0 Å². The zero-order chi connectivity index (χ0) is 19.7. The van der Waals surface area contributed by atoms with Gasteiger partial charge in [0, 0.05) is 44.1 Å². The molecule has 1 fully saturated rings. The fraction of sp³-hybridized carbons (Fsp3) is 0.500. The highest BCUT2D eigenvalue weighted by atomic mass is 16.3. The number of fused-ring (bicyclic) bond motifs is 1. The molecular weight excluding hydrogens is 358 g/mol. The van der Waals surface area contributed by atoms with Crippen LogP contribution in [0.15, 0.2) is 42.9 Å². The van der Waals surface area contributed by atoms with Gasteiger partial charge in [0.25, 0.3) is 5.91 Å². The number of aromatic nitrogens is 2. The zero-order valence-corrected chi connectivity index (χ0v) is 16.1. The Morgan fingerprint density at radius 2 is 1.93 bits per heavy atom. The topological polar surface area (TPSA) is 82.7 Å². The predicted octanol–water partition coefficient (Wildman–Crippen LogP) is 1.25. The number of aliphatic hydroxyl groups is 1. The van der Waals surface area contributed by atoms with Crippen molar-refractivity contribution >= 4 is 11.8 Å². The summed E-state index contributed by atoms with van der Waals surface area (Å²) in [6.07, 6.45) is 7.12. The Kier molecular flexibility index (Phi) is 4.89. The van der Waals surface area contributed by atoms with Crippen LogP contribution < -0.4 is 5.43 Å². The molecule has 2 aromatic heterocycles. The number of hydrogen-bond acceptors (Lipinski definition) is 4. The van der Waals surface area contributed by atoms with Gasteiger partial charge in [0.1, 0.15) is 12.4 Å². The molecular formula is C20H27N5O3. The average Bonchev–Trinajstić information content (AvgIpc) is 3.36. The second-order valence-electron chi connectivity index (χ2n) is 7.87. The van der Waals surface area contributed by atoms with E-state index < -0.39 is 5.60 Å². The summed E-state index contributed by atoms with van der Waals surface area (Å²) in [4.78, 5) is 28.7. The normalized spacial score (nSPS) is 19.9. The molecule has 4 rings (SSSR count). The SMILES string of the molecule is CC(CC(=O)N1CCC(O)(CN2CNn3cccc3C2=O)CC1)n1cccc1. The van der Waals surface area contributed by atoms with Gasteiger partial charge in [-0.25, -0.2) is 0 Å². The summed E-state index contributed by atoms with van der Waals surface area (Å²) in [7, 11) is 0. The number of piperidine rings is 1. The first-order valence-corrected chi connectivity index (χ1v) is 9.78. The Balaban J connectivity index is 1.31. The Bertz CT molecular complexity index is 836. The number of likely N-dealkylation sites (tertiary alicyclic amines) is 1. The number of rotatable bonds is 5. The molecule has 1 atom stereocenters. The van der Waals surface area contributed by atoms with Gasteiger partial charge in [0.2, 0.25) is 5.91 Å². The number of nitrogens with zero attached hydrogens (tertiary/aromatic N) is 4. The van der Waals surface area contributed by atoms with Crippen LogP contribution in [0.25, 0.3) is 0 Å². The number of carbonyl (C=O) groups excluding carboxylic acids is 2. The maximum atomic E-state index is 12.6. The van der Waals surface area contributed by atoms with Crippen molar-refractivity contribution in [1.29, 1.82) is 0 Å². The number of hydrogen-bond donors (Lipinski definition) is 2. The monoisotopic (exact) mass is 385 g/mol. The zero-order valence-electron chi connectivity index (χ0n) is 16.1. The summed E-state index contributed by atoms with van der Waals surface area (Å²) >= 11 is 0. The first-order valence-electron chi connectivity index (χ1n) is 9.78. The molecule has 0 spiro atoms. The summed E-state index contributed by atoms with van der Waals surface area (Å²) in [6, 6.07) is 7.60. The Morgan fingerprint density at radius 3 is 2.64 bits per heavy atom. The minimum absolute atomic E-state index is 0.0868. The third-order valence-corrected chi connectivity index (χ3v) is 5.83. The Hall–Kier alpha value is -2.74. The summed E-state index contributed by atoms with van der Waals surface area (Å²) in [5.74, 6) is 0.0213. The molecule has 2 aliphatic rings. The lowest BCUT2D eigenvalue weighted by Crippen LogP contribution is -2.56. The van der Waals surface area contributed by atoms with Crippen LogP contribution in [-0.2, 0) is 4.79 Å². The molecule has 2 amide bonds. The van der Waals surface area contributed by atoms with E-state index in [1.807, 2.05) is 47.0 Å². The summed E-state index contributed by atoms with van der Waals surface area (Å²) in [6.45, 7) is 3.69. The summed E-state index contributed by atoms with van der Waals surface area (Å²) in [5.41, 5.74) is 2.74. The third-order valence-electron chi connectivity index (χ3n) is 5.83. The second-order valence-corrected chi connectivity index (χ2v) is 7.87. The van der Waals surface area contributed by atoms with Crippen LogP contribution in [-0.4, -0.2) is 67.9 Å². The van der Waals surface area contributed by atoms with Crippen molar-refractivity contribution in [1.82, 2.24) is 19.0 Å². The lowest BCUT2D eigenvalue weighted by atomic mass is 9.90. The summed E-state index contributed by atoms with van der Waals surface area (Å²) in [5, 5.41) is 11.0. The van der Waals surface area contributed by atoms with Gasteiger partial charge in [-0.05, 0) is 44.0 Å². The molecule has 2 aliphatic heterocycles. The number of β-amino-alcohol motifs (C(OH)–C–C–N with tert-alkyl or cyclic N) is 1. The lowest BCUT2D eigenvalue weighted by molar-refractivity contribution is -0.136. The maximum Gasteiger partial charge on any atom is 0.273 e. The molecule has 0 radical (unpaired) electrons. The summed E-state index contributed by atoms with van der Waals surface area (Å²) < 4.78 is 3.74. The van der Waals surface area contributed by atoms with Crippen molar-refractivity contribution in [3.63, 3.8) is 0 Å². The smallest absolute Gasteiger partial charge is 0.273 e. The number of amides is 2. The minimum Gasteiger partial charge on any atom is -0.388 e. The van der Waals surface area contributed by atoms with E-state index in [4.69, 9.17) is 0 Å². The van der Waals surface area contributed by atoms with Crippen LogP contribution in [0.5, 0.6) is 0 Å². The van der Waals surface area contributed by atoms with Gasteiger partial charge >= 0.3 is 0 Å². The van der Waals surface area contributed by atoms with Crippen molar-refractivity contribution in [3.8, 4) is 0 Å². The van der Waals surface area contributed by atoms with Gasteiger partial charge in [-0.3, -0.25) is 14.3 Å². The van der Waals surface area contributed by atoms with Crippen LogP contribution in [0.2, 0.25) is 0 Å².